The monoisotopic (exact) mass is 359 g/mol. The first kappa shape index (κ1) is 18.3. The molecule has 3 rings (SSSR count). The number of anilines is 1. The molecule has 0 aliphatic carbocycles. The lowest BCUT2D eigenvalue weighted by atomic mass is 10.1. The van der Waals surface area contributed by atoms with Crippen molar-refractivity contribution in [2.45, 2.75) is 13.5 Å². The Bertz CT molecular complexity index is 911. The molecule has 0 spiro atoms. The molecule has 1 heterocycles. The van der Waals surface area contributed by atoms with Crippen molar-refractivity contribution in [2.75, 3.05) is 11.9 Å². The molecule has 5 heteroatoms. The number of pyridine rings is 1. The summed E-state index contributed by atoms with van der Waals surface area (Å²) in [4.78, 5) is 31.1. The van der Waals surface area contributed by atoms with E-state index in [2.05, 4.69) is 10.3 Å². The molecular formula is C22H21N3O2. The second-order valence-electron chi connectivity index (χ2n) is 6.05. The number of amides is 2. The highest BCUT2D eigenvalue weighted by Crippen LogP contribution is 2.12. The second-order valence-corrected chi connectivity index (χ2v) is 6.05. The topological polar surface area (TPSA) is 62.3 Å². The molecule has 0 atom stereocenters. The van der Waals surface area contributed by atoms with E-state index in [-0.39, 0.29) is 17.5 Å². The predicted octanol–water partition coefficient (Wildman–Crippen LogP) is 4.00. The first-order chi connectivity index (χ1) is 13.2. The van der Waals surface area contributed by atoms with Crippen molar-refractivity contribution in [1.82, 2.24) is 9.88 Å². The maximum absolute atomic E-state index is 12.9. The van der Waals surface area contributed by atoms with Gasteiger partial charge in [-0.05, 0) is 36.8 Å². The van der Waals surface area contributed by atoms with Gasteiger partial charge in [0, 0.05) is 30.5 Å². The average molecular weight is 359 g/mol. The third kappa shape index (κ3) is 4.79. The van der Waals surface area contributed by atoms with Gasteiger partial charge >= 0.3 is 0 Å². The number of hydrogen-bond donors (Lipinski definition) is 1. The smallest absolute Gasteiger partial charge is 0.274 e. The molecule has 2 amide bonds. The molecule has 0 saturated heterocycles. The predicted molar refractivity (Wildman–Crippen MR) is 105 cm³/mol. The Kier molecular flexibility index (Phi) is 5.94. The first-order valence-corrected chi connectivity index (χ1v) is 8.83. The van der Waals surface area contributed by atoms with Crippen LogP contribution in [0.5, 0.6) is 0 Å². The fourth-order valence-electron chi connectivity index (χ4n) is 2.72. The zero-order valence-electron chi connectivity index (χ0n) is 15.1. The van der Waals surface area contributed by atoms with E-state index in [1.165, 1.54) is 12.3 Å². The number of aromatic nitrogens is 1. The largest absolute Gasteiger partial charge is 0.335 e. The molecule has 2 aromatic carbocycles. The van der Waals surface area contributed by atoms with Crippen LogP contribution in [-0.2, 0) is 6.54 Å². The molecule has 27 heavy (non-hydrogen) atoms. The number of para-hydroxylation sites is 1. The lowest BCUT2D eigenvalue weighted by molar-refractivity contribution is 0.0752. The van der Waals surface area contributed by atoms with Crippen LogP contribution < -0.4 is 5.32 Å². The average Bonchev–Trinajstić information content (AvgIpc) is 2.73. The van der Waals surface area contributed by atoms with Crippen molar-refractivity contribution in [3.63, 3.8) is 0 Å². The van der Waals surface area contributed by atoms with Gasteiger partial charge in [-0.15, -0.1) is 0 Å². The fraction of sp³-hybridized carbons (Fsp3) is 0.136. The summed E-state index contributed by atoms with van der Waals surface area (Å²) >= 11 is 0. The van der Waals surface area contributed by atoms with E-state index < -0.39 is 0 Å². The van der Waals surface area contributed by atoms with Gasteiger partial charge in [-0.3, -0.25) is 14.6 Å². The van der Waals surface area contributed by atoms with E-state index in [4.69, 9.17) is 0 Å². The van der Waals surface area contributed by atoms with Gasteiger partial charge in [0.2, 0.25) is 0 Å². The minimum absolute atomic E-state index is 0.127. The van der Waals surface area contributed by atoms with Crippen molar-refractivity contribution in [2.24, 2.45) is 0 Å². The molecule has 0 aliphatic heterocycles. The zero-order valence-corrected chi connectivity index (χ0v) is 15.1. The van der Waals surface area contributed by atoms with E-state index in [0.29, 0.717) is 24.3 Å². The summed E-state index contributed by atoms with van der Waals surface area (Å²) in [6.45, 7) is 3.02. The van der Waals surface area contributed by atoms with Crippen LogP contribution in [0.3, 0.4) is 0 Å². The molecule has 1 N–H and O–H groups in total. The molecule has 0 aliphatic rings. The van der Waals surface area contributed by atoms with E-state index in [1.807, 2.05) is 55.5 Å². The summed E-state index contributed by atoms with van der Waals surface area (Å²) in [7, 11) is 0. The van der Waals surface area contributed by atoms with Gasteiger partial charge in [0.05, 0.1) is 0 Å². The quantitative estimate of drug-likeness (QED) is 0.724. The molecule has 0 saturated carbocycles. The van der Waals surface area contributed by atoms with E-state index >= 15 is 0 Å². The number of nitrogens with zero attached hydrogens (tertiary/aromatic N) is 2. The third-order valence-electron chi connectivity index (χ3n) is 4.16. The summed E-state index contributed by atoms with van der Waals surface area (Å²) in [6.07, 6.45) is 1.49. The number of benzene rings is 2. The van der Waals surface area contributed by atoms with Gasteiger partial charge in [-0.25, -0.2) is 0 Å². The summed E-state index contributed by atoms with van der Waals surface area (Å²) < 4.78 is 0. The number of carbonyl (C=O) groups excluding carboxylic acids is 2. The maximum atomic E-state index is 12.9. The molecular weight excluding hydrogens is 338 g/mol. The minimum atomic E-state index is -0.345. The van der Waals surface area contributed by atoms with Crippen LogP contribution in [-0.4, -0.2) is 28.2 Å². The second kappa shape index (κ2) is 8.76. The number of rotatable bonds is 6. The first-order valence-electron chi connectivity index (χ1n) is 8.83. The zero-order chi connectivity index (χ0) is 19.1. The molecule has 0 fully saturated rings. The highest BCUT2D eigenvalue weighted by Gasteiger charge is 2.17. The summed E-state index contributed by atoms with van der Waals surface area (Å²) in [5.74, 6) is -0.473. The Morgan fingerprint density at radius 1 is 0.963 bits per heavy atom. The van der Waals surface area contributed by atoms with Gasteiger partial charge in [0.25, 0.3) is 11.8 Å². The van der Waals surface area contributed by atoms with Gasteiger partial charge in [-0.2, -0.15) is 0 Å². The lowest BCUT2D eigenvalue weighted by Gasteiger charge is -2.21. The number of hydrogen-bond acceptors (Lipinski definition) is 3. The van der Waals surface area contributed by atoms with Crippen molar-refractivity contribution in [1.29, 1.82) is 0 Å². The Labute approximate surface area is 158 Å². The van der Waals surface area contributed by atoms with Crippen LogP contribution in [0.25, 0.3) is 0 Å². The van der Waals surface area contributed by atoms with Gasteiger partial charge in [0.1, 0.15) is 5.69 Å². The minimum Gasteiger partial charge on any atom is -0.335 e. The van der Waals surface area contributed by atoms with Crippen molar-refractivity contribution in [3.05, 3.63) is 95.8 Å². The molecule has 0 bridgehead atoms. The normalized spacial score (nSPS) is 10.3. The Hall–Kier alpha value is -3.47. The maximum Gasteiger partial charge on any atom is 0.274 e. The number of nitrogens with one attached hydrogen (secondary N) is 1. The van der Waals surface area contributed by atoms with Crippen LogP contribution in [0.2, 0.25) is 0 Å². The fourth-order valence-corrected chi connectivity index (χ4v) is 2.72. The molecule has 0 radical (unpaired) electrons. The van der Waals surface area contributed by atoms with Crippen LogP contribution in [0.4, 0.5) is 5.69 Å². The Morgan fingerprint density at radius 3 is 2.30 bits per heavy atom. The summed E-state index contributed by atoms with van der Waals surface area (Å²) in [5.41, 5.74) is 2.39. The standard InChI is InChI=1S/C22H21N3O2/c1-2-25(16-17-9-5-3-6-10-17)22(27)18-13-14-23-20(15-18)21(26)24-19-11-7-4-8-12-19/h3-15H,2,16H2,1H3,(H,24,26). The van der Waals surface area contributed by atoms with E-state index in [1.54, 1.807) is 23.1 Å². The van der Waals surface area contributed by atoms with Gasteiger partial charge in [-0.1, -0.05) is 48.5 Å². The van der Waals surface area contributed by atoms with Crippen LogP contribution >= 0.6 is 0 Å². The van der Waals surface area contributed by atoms with Gasteiger partial charge in [0.15, 0.2) is 0 Å². The molecule has 3 aromatic rings. The van der Waals surface area contributed by atoms with Crippen LogP contribution in [0.15, 0.2) is 79.0 Å². The Balaban J connectivity index is 1.75. The molecule has 1 aromatic heterocycles. The van der Waals surface area contributed by atoms with Crippen molar-refractivity contribution >= 4 is 17.5 Å². The van der Waals surface area contributed by atoms with E-state index in [0.717, 1.165) is 5.56 Å². The lowest BCUT2D eigenvalue weighted by Crippen LogP contribution is -2.30. The summed E-state index contributed by atoms with van der Waals surface area (Å²) in [6, 6.07) is 22.1. The van der Waals surface area contributed by atoms with Crippen LogP contribution in [0.1, 0.15) is 33.3 Å². The third-order valence-corrected chi connectivity index (χ3v) is 4.16. The van der Waals surface area contributed by atoms with Crippen molar-refractivity contribution in [3.8, 4) is 0 Å². The number of carbonyl (C=O) groups is 2. The molecule has 0 unspecified atom stereocenters. The highest BCUT2D eigenvalue weighted by molar-refractivity contribution is 6.04. The molecule has 5 nitrogen and oxygen atoms in total. The van der Waals surface area contributed by atoms with Crippen LogP contribution in [0, 0.1) is 0 Å². The highest BCUT2D eigenvalue weighted by atomic mass is 16.2. The van der Waals surface area contributed by atoms with E-state index in [9.17, 15) is 9.59 Å². The SMILES string of the molecule is CCN(Cc1ccccc1)C(=O)c1ccnc(C(=O)Nc2ccccc2)c1. The summed E-state index contributed by atoms with van der Waals surface area (Å²) in [5, 5.41) is 2.78. The molecule has 136 valence electrons. The van der Waals surface area contributed by atoms with Gasteiger partial charge < -0.3 is 10.2 Å². The van der Waals surface area contributed by atoms with Crippen molar-refractivity contribution < 1.29 is 9.59 Å². The Morgan fingerprint density at radius 2 is 1.63 bits per heavy atom.